The highest BCUT2D eigenvalue weighted by Crippen LogP contribution is 2.21. The van der Waals surface area contributed by atoms with Gasteiger partial charge >= 0.3 is 5.97 Å². The fourth-order valence-corrected chi connectivity index (χ4v) is 2.35. The van der Waals surface area contributed by atoms with Crippen molar-refractivity contribution in [3.63, 3.8) is 0 Å². The van der Waals surface area contributed by atoms with Crippen molar-refractivity contribution in [2.75, 3.05) is 13.2 Å². The van der Waals surface area contributed by atoms with E-state index in [0.29, 0.717) is 24.5 Å². The van der Waals surface area contributed by atoms with E-state index in [4.69, 9.17) is 9.47 Å². The molecule has 0 heterocycles. The highest BCUT2D eigenvalue weighted by atomic mass is 16.5. The largest absolute Gasteiger partial charge is 0.488 e. The Morgan fingerprint density at radius 2 is 1.77 bits per heavy atom. The van der Waals surface area contributed by atoms with Gasteiger partial charge in [0.1, 0.15) is 17.9 Å². The number of amides is 1. The average Bonchev–Trinajstić information content (AvgIpc) is 2.66. The molecule has 0 aliphatic rings. The second-order valence-corrected chi connectivity index (χ2v) is 5.99. The summed E-state index contributed by atoms with van der Waals surface area (Å²) >= 11 is 0. The minimum Gasteiger partial charge on any atom is -0.488 e. The zero-order valence-corrected chi connectivity index (χ0v) is 15.3. The highest BCUT2D eigenvalue weighted by Gasteiger charge is 2.15. The zero-order chi connectivity index (χ0) is 18.8. The summed E-state index contributed by atoms with van der Waals surface area (Å²) in [6.45, 7) is 4.70. The second-order valence-electron chi connectivity index (χ2n) is 5.99. The summed E-state index contributed by atoms with van der Waals surface area (Å²) in [6.07, 6.45) is 1.89. The molecule has 2 rings (SSSR count). The van der Waals surface area contributed by atoms with E-state index in [-0.39, 0.29) is 12.5 Å². The van der Waals surface area contributed by atoms with Crippen molar-refractivity contribution in [1.29, 1.82) is 0 Å². The van der Waals surface area contributed by atoms with Crippen LogP contribution >= 0.6 is 0 Å². The molecule has 0 saturated carbocycles. The van der Waals surface area contributed by atoms with Crippen molar-refractivity contribution in [2.45, 2.75) is 33.3 Å². The number of ether oxygens (including phenoxy) is 2. The van der Waals surface area contributed by atoms with Crippen molar-refractivity contribution < 1.29 is 19.1 Å². The third-order valence-electron chi connectivity index (χ3n) is 3.94. The molecule has 138 valence electrons. The fourth-order valence-electron chi connectivity index (χ4n) is 2.35. The van der Waals surface area contributed by atoms with Gasteiger partial charge < -0.3 is 14.8 Å². The Balaban J connectivity index is 1.94. The molecule has 0 bridgehead atoms. The van der Waals surface area contributed by atoms with Gasteiger partial charge in [-0.05, 0) is 36.6 Å². The number of carbonyl (C=O) groups excluding carboxylic acids is 2. The molecule has 0 atom stereocenters. The molecule has 0 spiro atoms. The van der Waals surface area contributed by atoms with Crippen LogP contribution in [-0.4, -0.2) is 25.0 Å². The van der Waals surface area contributed by atoms with Gasteiger partial charge in [-0.1, -0.05) is 49.7 Å². The van der Waals surface area contributed by atoms with E-state index in [9.17, 15) is 9.59 Å². The van der Waals surface area contributed by atoms with E-state index in [1.54, 1.807) is 24.3 Å². The maximum atomic E-state index is 12.3. The predicted molar refractivity (Wildman–Crippen MR) is 100 cm³/mol. The van der Waals surface area contributed by atoms with Crippen molar-refractivity contribution in [3.05, 3.63) is 65.2 Å². The summed E-state index contributed by atoms with van der Waals surface area (Å²) in [5, 5.41) is 2.71. The molecule has 0 aliphatic heterocycles. The Hall–Kier alpha value is -2.82. The molecular weight excluding hydrogens is 330 g/mol. The molecule has 5 nitrogen and oxygen atoms in total. The average molecular weight is 355 g/mol. The first-order chi connectivity index (χ1) is 12.6. The van der Waals surface area contributed by atoms with E-state index in [2.05, 4.69) is 5.32 Å². The first kappa shape index (κ1) is 19.5. The van der Waals surface area contributed by atoms with E-state index < -0.39 is 5.97 Å². The summed E-state index contributed by atoms with van der Waals surface area (Å²) in [5.74, 6) is -0.437. The molecule has 0 unspecified atom stereocenters. The molecule has 1 N–H and O–H groups in total. The van der Waals surface area contributed by atoms with Gasteiger partial charge in [0.25, 0.3) is 5.91 Å². The monoisotopic (exact) mass is 355 g/mol. The van der Waals surface area contributed by atoms with Crippen LogP contribution in [0.5, 0.6) is 5.75 Å². The second kappa shape index (κ2) is 10.2. The number of carbonyl (C=O) groups is 2. The Kier molecular flexibility index (Phi) is 7.68. The number of hydrogen-bond donors (Lipinski definition) is 1. The molecule has 0 aromatic heterocycles. The zero-order valence-electron chi connectivity index (χ0n) is 15.3. The molecule has 26 heavy (non-hydrogen) atoms. The Morgan fingerprint density at radius 3 is 2.54 bits per heavy atom. The smallest absolute Gasteiger partial charge is 0.342 e. The minimum absolute atomic E-state index is 0.297. The summed E-state index contributed by atoms with van der Waals surface area (Å²) < 4.78 is 10.9. The molecule has 0 aliphatic carbocycles. The van der Waals surface area contributed by atoms with Crippen LogP contribution in [0.2, 0.25) is 0 Å². The lowest BCUT2D eigenvalue weighted by Gasteiger charge is -2.12. The summed E-state index contributed by atoms with van der Waals surface area (Å²) in [5.41, 5.74) is 2.48. The number of para-hydroxylation sites is 1. The van der Waals surface area contributed by atoms with Crippen LogP contribution in [0.4, 0.5) is 0 Å². The van der Waals surface area contributed by atoms with Crippen LogP contribution in [0.3, 0.4) is 0 Å². The topological polar surface area (TPSA) is 64.6 Å². The fraction of sp³-hybridized carbons (Fsp3) is 0.333. The van der Waals surface area contributed by atoms with Crippen molar-refractivity contribution in [3.8, 4) is 5.75 Å². The lowest BCUT2D eigenvalue weighted by molar-refractivity contribution is -0.124. The van der Waals surface area contributed by atoms with Crippen molar-refractivity contribution >= 4 is 11.9 Å². The molecule has 1 amide bonds. The molecule has 0 radical (unpaired) electrons. The van der Waals surface area contributed by atoms with Gasteiger partial charge in [0.2, 0.25) is 0 Å². The van der Waals surface area contributed by atoms with Crippen LogP contribution in [0.1, 0.15) is 41.3 Å². The lowest BCUT2D eigenvalue weighted by atomic mass is 10.1. The molecular formula is C21H25NO4. The number of esters is 1. The molecule has 2 aromatic carbocycles. The third-order valence-corrected chi connectivity index (χ3v) is 3.94. The Bertz CT molecular complexity index is 742. The van der Waals surface area contributed by atoms with Gasteiger partial charge in [-0.2, -0.15) is 0 Å². The Morgan fingerprint density at radius 1 is 1.04 bits per heavy atom. The van der Waals surface area contributed by atoms with Gasteiger partial charge in [-0.25, -0.2) is 4.79 Å². The van der Waals surface area contributed by atoms with Crippen LogP contribution in [0.15, 0.2) is 48.5 Å². The van der Waals surface area contributed by atoms with Crippen molar-refractivity contribution in [2.24, 2.45) is 0 Å². The normalized spacial score (nSPS) is 10.2. The van der Waals surface area contributed by atoms with Crippen molar-refractivity contribution in [1.82, 2.24) is 5.32 Å². The van der Waals surface area contributed by atoms with Crippen LogP contribution < -0.4 is 10.1 Å². The quantitative estimate of drug-likeness (QED) is 0.551. The number of aryl methyl sites for hydroxylation is 1. The maximum absolute atomic E-state index is 12.3. The Labute approximate surface area is 154 Å². The maximum Gasteiger partial charge on any atom is 0.342 e. The number of unbranched alkanes of at least 4 members (excludes halogenated alkanes) is 1. The lowest BCUT2D eigenvalue weighted by Crippen LogP contribution is -2.29. The molecule has 2 aromatic rings. The summed E-state index contributed by atoms with van der Waals surface area (Å²) in [4.78, 5) is 24.0. The van der Waals surface area contributed by atoms with Gasteiger partial charge in [-0.3, -0.25) is 4.79 Å². The molecule has 0 fully saturated rings. The first-order valence-corrected chi connectivity index (χ1v) is 8.82. The van der Waals surface area contributed by atoms with Gasteiger partial charge in [0, 0.05) is 6.54 Å². The molecule has 0 saturated heterocycles. The van der Waals surface area contributed by atoms with E-state index in [1.165, 1.54) is 0 Å². The first-order valence-electron chi connectivity index (χ1n) is 8.82. The highest BCUT2D eigenvalue weighted by molar-refractivity contribution is 5.93. The van der Waals surface area contributed by atoms with Crippen LogP contribution in [0.25, 0.3) is 0 Å². The molecule has 5 heteroatoms. The van der Waals surface area contributed by atoms with Gasteiger partial charge in [-0.15, -0.1) is 0 Å². The predicted octanol–water partition coefficient (Wildman–Crippen LogP) is 3.65. The SMILES string of the molecule is CCCCNC(=O)COC(=O)c1ccccc1OCc1ccccc1C. The number of hydrogen-bond acceptors (Lipinski definition) is 4. The number of rotatable bonds is 9. The van der Waals surface area contributed by atoms with Gasteiger partial charge in [0.15, 0.2) is 6.61 Å². The standard InChI is InChI=1S/C21H25NO4/c1-3-4-13-22-20(23)15-26-21(24)18-11-7-8-12-19(18)25-14-17-10-6-5-9-16(17)2/h5-12H,3-4,13-15H2,1-2H3,(H,22,23). The van der Waals surface area contributed by atoms with Crippen LogP contribution in [0, 0.1) is 6.92 Å². The third kappa shape index (κ3) is 5.92. The van der Waals surface area contributed by atoms with E-state index in [0.717, 1.165) is 24.0 Å². The van der Waals surface area contributed by atoms with E-state index >= 15 is 0 Å². The van der Waals surface area contributed by atoms with Gasteiger partial charge in [0.05, 0.1) is 0 Å². The van der Waals surface area contributed by atoms with E-state index in [1.807, 2.05) is 38.1 Å². The van der Waals surface area contributed by atoms with Crippen LogP contribution in [-0.2, 0) is 16.1 Å². The number of benzene rings is 2. The number of nitrogens with one attached hydrogen (secondary N) is 1. The summed E-state index contributed by atoms with van der Waals surface area (Å²) in [6, 6.07) is 14.8. The summed E-state index contributed by atoms with van der Waals surface area (Å²) in [7, 11) is 0. The minimum atomic E-state index is -0.573.